The molecule has 3 rings (SSSR count). The van der Waals surface area contributed by atoms with Crippen LogP contribution in [0.5, 0.6) is 0 Å². The second kappa shape index (κ2) is 6.49. The number of nitrogens with one attached hydrogen (secondary N) is 1. The van der Waals surface area contributed by atoms with Crippen molar-refractivity contribution >= 4 is 5.91 Å². The predicted octanol–water partition coefficient (Wildman–Crippen LogP) is 0.991. The highest BCUT2D eigenvalue weighted by molar-refractivity contribution is 5.94. The number of rotatable bonds is 3. The van der Waals surface area contributed by atoms with E-state index in [0.29, 0.717) is 18.7 Å². The van der Waals surface area contributed by atoms with Gasteiger partial charge in [-0.2, -0.15) is 0 Å². The molecule has 8 heteroatoms. The third-order valence-corrected chi connectivity index (χ3v) is 5.01. The number of H-pyrrole nitrogens is 1. The maximum absolute atomic E-state index is 13.2. The predicted molar refractivity (Wildman–Crippen MR) is 87.9 cm³/mol. The minimum Gasteiger partial charge on any atom is -0.387 e. The van der Waals surface area contributed by atoms with Crippen molar-refractivity contribution in [3.63, 3.8) is 0 Å². The van der Waals surface area contributed by atoms with Gasteiger partial charge < -0.3 is 15.0 Å². The molecule has 0 radical (unpaired) electrons. The zero-order chi connectivity index (χ0) is 18.2. The number of alkyl halides is 2. The third-order valence-electron chi connectivity index (χ3n) is 5.01. The van der Waals surface area contributed by atoms with Gasteiger partial charge in [0, 0.05) is 44.7 Å². The van der Waals surface area contributed by atoms with Crippen molar-refractivity contribution in [2.24, 2.45) is 0 Å². The Morgan fingerprint density at radius 2 is 1.92 bits per heavy atom. The van der Waals surface area contributed by atoms with Crippen LogP contribution in [-0.2, 0) is 0 Å². The molecular weight excluding hydrogens is 332 g/mol. The van der Waals surface area contributed by atoms with Crippen LogP contribution in [0.4, 0.5) is 8.78 Å². The van der Waals surface area contributed by atoms with Crippen LogP contribution in [0.15, 0.2) is 16.9 Å². The van der Waals surface area contributed by atoms with Gasteiger partial charge in [0.05, 0.1) is 12.1 Å². The van der Waals surface area contributed by atoms with Crippen LogP contribution in [0.3, 0.4) is 0 Å². The molecule has 1 amide bonds. The average molecular weight is 355 g/mol. The minimum atomic E-state index is -2.62. The number of β-amino-alcohol motifs (C(OH)–C–C–N with tert-alkyl or cyclic N) is 1. The van der Waals surface area contributed by atoms with Gasteiger partial charge in [-0.05, 0) is 25.5 Å². The SMILES string of the molecule is Cc1ccc(C(=O)N2CC[C@@](O)(CN3CCC(F)(F)CC3)C2)c(=O)[nH]1. The monoisotopic (exact) mass is 355 g/mol. The number of hydrogen-bond donors (Lipinski definition) is 2. The lowest BCUT2D eigenvalue weighted by Gasteiger charge is -2.36. The summed E-state index contributed by atoms with van der Waals surface area (Å²) in [5.74, 6) is -3.04. The Morgan fingerprint density at radius 3 is 2.56 bits per heavy atom. The number of aliphatic hydroxyl groups is 1. The van der Waals surface area contributed by atoms with E-state index >= 15 is 0 Å². The van der Waals surface area contributed by atoms with Crippen molar-refractivity contribution in [3.05, 3.63) is 33.7 Å². The molecule has 6 nitrogen and oxygen atoms in total. The summed E-state index contributed by atoms with van der Waals surface area (Å²) in [5, 5.41) is 10.7. The number of pyridine rings is 1. The fraction of sp³-hybridized carbons (Fsp3) is 0.647. The molecule has 1 aromatic heterocycles. The Hall–Kier alpha value is -1.80. The summed E-state index contributed by atoms with van der Waals surface area (Å²) < 4.78 is 26.5. The van der Waals surface area contributed by atoms with Crippen LogP contribution in [0, 0.1) is 6.92 Å². The lowest BCUT2D eigenvalue weighted by Crippen LogP contribution is -2.49. The number of hydrogen-bond acceptors (Lipinski definition) is 4. The van der Waals surface area contributed by atoms with Gasteiger partial charge in [0.1, 0.15) is 5.56 Å². The molecule has 2 fully saturated rings. The van der Waals surface area contributed by atoms with E-state index in [-0.39, 0.29) is 44.6 Å². The normalized spacial score (nSPS) is 26.8. The van der Waals surface area contributed by atoms with Crippen molar-refractivity contribution in [2.75, 3.05) is 32.7 Å². The highest BCUT2D eigenvalue weighted by atomic mass is 19.3. The fourth-order valence-corrected chi connectivity index (χ4v) is 3.52. The molecule has 2 saturated heterocycles. The van der Waals surface area contributed by atoms with Gasteiger partial charge in [0.25, 0.3) is 17.4 Å². The molecular formula is C17H23F2N3O3. The van der Waals surface area contributed by atoms with Gasteiger partial charge in [-0.15, -0.1) is 0 Å². The molecule has 0 aliphatic carbocycles. The third kappa shape index (κ3) is 4.07. The molecule has 0 spiro atoms. The van der Waals surface area contributed by atoms with Gasteiger partial charge in [0.2, 0.25) is 0 Å². The standard InChI is InChI=1S/C17H23F2N3O3/c1-12-2-3-13(14(23)20-12)15(24)22-9-4-16(25,11-22)10-21-7-5-17(18,19)6-8-21/h2-3,25H,4-11H2,1H3,(H,20,23)/t16-/m1/s1. The van der Waals surface area contributed by atoms with Crippen LogP contribution in [0.2, 0.25) is 0 Å². The summed E-state index contributed by atoms with van der Waals surface area (Å²) in [4.78, 5) is 30.3. The Morgan fingerprint density at radius 1 is 1.24 bits per heavy atom. The van der Waals surface area contributed by atoms with Crippen molar-refractivity contribution in [3.8, 4) is 0 Å². The number of aromatic nitrogens is 1. The molecule has 0 unspecified atom stereocenters. The van der Waals surface area contributed by atoms with Gasteiger partial charge >= 0.3 is 0 Å². The van der Waals surface area contributed by atoms with E-state index in [1.807, 2.05) is 4.90 Å². The summed E-state index contributed by atoms with van der Waals surface area (Å²) >= 11 is 0. The van der Waals surface area contributed by atoms with Crippen LogP contribution in [0.1, 0.15) is 35.3 Å². The van der Waals surface area contributed by atoms with Crippen molar-refractivity contribution in [1.29, 1.82) is 0 Å². The van der Waals surface area contributed by atoms with Gasteiger partial charge in [0.15, 0.2) is 0 Å². The Labute approximate surface area is 144 Å². The Bertz CT molecular complexity index is 711. The quantitative estimate of drug-likeness (QED) is 0.848. The zero-order valence-electron chi connectivity index (χ0n) is 14.2. The molecule has 138 valence electrons. The molecule has 0 bridgehead atoms. The van der Waals surface area contributed by atoms with E-state index in [9.17, 15) is 23.5 Å². The van der Waals surface area contributed by atoms with Gasteiger partial charge in [-0.3, -0.25) is 14.5 Å². The smallest absolute Gasteiger partial charge is 0.260 e. The molecule has 0 aromatic carbocycles. The molecule has 2 aliphatic rings. The summed E-state index contributed by atoms with van der Waals surface area (Å²) in [5.41, 5.74) is -0.854. The van der Waals surface area contributed by atoms with Crippen molar-refractivity contribution in [2.45, 2.75) is 37.7 Å². The largest absolute Gasteiger partial charge is 0.387 e. The van der Waals surface area contributed by atoms with Crippen LogP contribution in [-0.4, -0.2) is 70.0 Å². The van der Waals surface area contributed by atoms with E-state index in [1.165, 1.54) is 11.0 Å². The van der Waals surface area contributed by atoms with Crippen LogP contribution in [0.25, 0.3) is 0 Å². The summed E-state index contributed by atoms with van der Waals surface area (Å²) in [6.45, 7) is 2.91. The van der Waals surface area contributed by atoms with E-state index in [1.54, 1.807) is 13.0 Å². The lowest BCUT2D eigenvalue weighted by atomic mass is 10.00. The fourth-order valence-electron chi connectivity index (χ4n) is 3.52. The minimum absolute atomic E-state index is 0.0486. The number of carbonyl (C=O) groups is 1. The summed E-state index contributed by atoms with van der Waals surface area (Å²) in [6.07, 6.45) is -0.0374. The summed E-state index contributed by atoms with van der Waals surface area (Å²) in [7, 11) is 0. The number of piperidine rings is 1. The average Bonchev–Trinajstić information content (AvgIpc) is 2.91. The van der Waals surface area contributed by atoms with Crippen molar-refractivity contribution in [1.82, 2.24) is 14.8 Å². The number of aryl methyl sites for hydroxylation is 1. The second-order valence-electron chi connectivity index (χ2n) is 7.22. The molecule has 0 saturated carbocycles. The highest BCUT2D eigenvalue weighted by Gasteiger charge is 2.42. The van der Waals surface area contributed by atoms with E-state index in [4.69, 9.17) is 0 Å². The van der Waals surface area contributed by atoms with Gasteiger partial charge in [-0.1, -0.05) is 0 Å². The first-order valence-corrected chi connectivity index (χ1v) is 8.49. The first-order valence-electron chi connectivity index (χ1n) is 8.49. The second-order valence-corrected chi connectivity index (χ2v) is 7.22. The number of amides is 1. The Kier molecular flexibility index (Phi) is 4.68. The first-order chi connectivity index (χ1) is 11.7. The zero-order valence-corrected chi connectivity index (χ0v) is 14.2. The topological polar surface area (TPSA) is 76.6 Å². The first kappa shape index (κ1) is 18.0. The molecule has 3 heterocycles. The van der Waals surface area contributed by atoms with Crippen LogP contribution >= 0.6 is 0 Å². The Balaban J connectivity index is 1.62. The molecule has 25 heavy (non-hydrogen) atoms. The van der Waals surface area contributed by atoms with E-state index in [2.05, 4.69) is 4.98 Å². The molecule has 2 N–H and O–H groups in total. The van der Waals surface area contributed by atoms with Crippen LogP contribution < -0.4 is 5.56 Å². The van der Waals surface area contributed by atoms with Crippen molar-refractivity contribution < 1.29 is 18.7 Å². The maximum Gasteiger partial charge on any atom is 0.260 e. The highest BCUT2D eigenvalue weighted by Crippen LogP contribution is 2.30. The number of nitrogens with zero attached hydrogens (tertiary/aromatic N) is 2. The number of likely N-dealkylation sites (tertiary alicyclic amines) is 2. The molecule has 1 atom stereocenters. The summed E-state index contributed by atoms with van der Waals surface area (Å²) in [6, 6.07) is 3.14. The van der Waals surface area contributed by atoms with Gasteiger partial charge in [-0.25, -0.2) is 8.78 Å². The number of aromatic amines is 1. The number of halogens is 2. The molecule has 2 aliphatic heterocycles. The maximum atomic E-state index is 13.2. The number of carbonyl (C=O) groups excluding carboxylic acids is 1. The van der Waals surface area contributed by atoms with E-state index < -0.39 is 23.0 Å². The van der Waals surface area contributed by atoms with E-state index in [0.717, 1.165) is 0 Å². The molecule has 1 aromatic rings. The lowest BCUT2D eigenvalue weighted by molar-refractivity contribution is -0.0720.